The highest BCUT2D eigenvalue weighted by molar-refractivity contribution is 7.10. The molecule has 3 aromatic rings. The van der Waals surface area contributed by atoms with Gasteiger partial charge in [0.2, 0.25) is 0 Å². The van der Waals surface area contributed by atoms with Crippen LogP contribution in [0.25, 0.3) is 11.1 Å². The van der Waals surface area contributed by atoms with E-state index < -0.39 is 0 Å². The van der Waals surface area contributed by atoms with Gasteiger partial charge in [-0.25, -0.2) is 4.98 Å². The van der Waals surface area contributed by atoms with Crippen LogP contribution in [0, 0.1) is 11.8 Å². The Balaban J connectivity index is 1.39. The minimum absolute atomic E-state index is 0.0850. The molecule has 1 saturated heterocycles. The number of carbonyl (C=O) groups excluding carboxylic acids is 2. The zero-order valence-corrected chi connectivity index (χ0v) is 19.5. The number of piperidine rings is 1. The van der Waals surface area contributed by atoms with E-state index in [2.05, 4.69) is 29.1 Å². The summed E-state index contributed by atoms with van der Waals surface area (Å²) in [6, 6.07) is 17.8. The Labute approximate surface area is 198 Å². The van der Waals surface area contributed by atoms with Gasteiger partial charge in [-0.2, -0.15) is 0 Å². The van der Waals surface area contributed by atoms with Crippen molar-refractivity contribution < 1.29 is 9.59 Å². The Kier molecular flexibility index (Phi) is 7.54. The van der Waals surface area contributed by atoms with E-state index in [0.29, 0.717) is 18.8 Å². The minimum Gasteiger partial charge on any atom is -0.332 e. The molecule has 1 N–H and O–H groups in total. The van der Waals surface area contributed by atoms with E-state index in [1.54, 1.807) is 0 Å². The van der Waals surface area contributed by atoms with Crippen LogP contribution in [0.4, 0.5) is 5.69 Å². The van der Waals surface area contributed by atoms with Gasteiger partial charge in [0, 0.05) is 42.1 Å². The van der Waals surface area contributed by atoms with Gasteiger partial charge in [0.25, 0.3) is 11.8 Å². The summed E-state index contributed by atoms with van der Waals surface area (Å²) in [5, 5.41) is 5.81. The number of anilines is 1. The third kappa shape index (κ3) is 5.68. The second kappa shape index (κ2) is 10.9. The van der Waals surface area contributed by atoms with E-state index in [4.69, 9.17) is 0 Å². The predicted octanol–water partition coefficient (Wildman–Crippen LogP) is 5.57. The first-order valence-corrected chi connectivity index (χ1v) is 12.2. The van der Waals surface area contributed by atoms with Crippen LogP contribution in [0.15, 0.2) is 60.0 Å². The Morgan fingerprint density at radius 1 is 1.09 bits per heavy atom. The molecule has 168 valence electrons. The summed E-state index contributed by atoms with van der Waals surface area (Å²) >= 11 is 1.52. The number of amides is 2. The lowest BCUT2D eigenvalue weighted by atomic mass is 9.97. The molecule has 0 bridgehead atoms. The molecule has 5 nitrogen and oxygen atoms in total. The first-order valence-electron chi connectivity index (χ1n) is 11.3. The molecule has 0 aliphatic carbocycles. The quantitative estimate of drug-likeness (QED) is 0.509. The van der Waals surface area contributed by atoms with Crippen molar-refractivity contribution in [2.24, 2.45) is 0 Å². The number of nitrogens with zero attached hydrogens (tertiary/aromatic N) is 2. The number of nitrogens with one attached hydrogen (secondary N) is 1. The molecular weight excluding hydrogens is 430 g/mol. The fourth-order valence-corrected chi connectivity index (χ4v) is 4.87. The number of thiazole rings is 1. The maximum Gasteiger partial charge on any atom is 0.298 e. The fourth-order valence-electron chi connectivity index (χ4n) is 3.90. The number of carbonyl (C=O) groups is 2. The molecule has 0 spiro atoms. The van der Waals surface area contributed by atoms with Crippen LogP contribution >= 0.6 is 11.3 Å². The Morgan fingerprint density at radius 3 is 2.58 bits per heavy atom. The average Bonchev–Trinajstić information content (AvgIpc) is 3.36. The van der Waals surface area contributed by atoms with Gasteiger partial charge in [-0.15, -0.1) is 11.3 Å². The Hall–Kier alpha value is -3.43. The second-order valence-electron chi connectivity index (χ2n) is 8.05. The summed E-state index contributed by atoms with van der Waals surface area (Å²) in [5.74, 6) is 5.64. The molecule has 0 saturated carbocycles. The SMILES string of the molecule is CCCC#CC(=O)N1CCC(c2nc(C(=O)Nc3ccccc3-c3ccccc3)cs2)CC1. The molecule has 2 aromatic carbocycles. The lowest BCUT2D eigenvalue weighted by Crippen LogP contribution is -2.37. The summed E-state index contributed by atoms with van der Waals surface area (Å²) in [6.07, 6.45) is 3.39. The van der Waals surface area contributed by atoms with E-state index in [0.717, 1.165) is 47.5 Å². The van der Waals surface area contributed by atoms with Gasteiger partial charge in [0.15, 0.2) is 0 Å². The molecule has 4 rings (SSSR count). The van der Waals surface area contributed by atoms with Gasteiger partial charge >= 0.3 is 0 Å². The van der Waals surface area contributed by atoms with Crippen molar-refractivity contribution in [3.8, 4) is 23.0 Å². The van der Waals surface area contributed by atoms with E-state index in [9.17, 15) is 9.59 Å². The van der Waals surface area contributed by atoms with Gasteiger partial charge in [0.1, 0.15) is 5.69 Å². The van der Waals surface area contributed by atoms with Crippen LogP contribution in [0.5, 0.6) is 0 Å². The highest BCUT2D eigenvalue weighted by Gasteiger charge is 2.26. The number of unbranched alkanes of at least 4 members (excludes halogenated alkanes) is 1. The normalized spacial score (nSPS) is 13.8. The van der Waals surface area contributed by atoms with Gasteiger partial charge in [0.05, 0.1) is 5.01 Å². The molecule has 1 aliphatic heterocycles. The van der Waals surface area contributed by atoms with E-state index in [-0.39, 0.29) is 17.7 Å². The molecule has 0 radical (unpaired) electrons. The largest absolute Gasteiger partial charge is 0.332 e. The Morgan fingerprint density at radius 2 is 1.82 bits per heavy atom. The van der Waals surface area contributed by atoms with Crippen LogP contribution < -0.4 is 5.32 Å². The van der Waals surface area contributed by atoms with Crippen LogP contribution in [0.2, 0.25) is 0 Å². The van der Waals surface area contributed by atoms with E-state index >= 15 is 0 Å². The van der Waals surface area contributed by atoms with E-state index in [1.165, 1.54) is 11.3 Å². The van der Waals surface area contributed by atoms with Crippen LogP contribution in [0.1, 0.15) is 54.0 Å². The predicted molar refractivity (Wildman–Crippen MR) is 133 cm³/mol. The second-order valence-corrected chi connectivity index (χ2v) is 8.94. The standard InChI is InChI=1S/C27H27N3O2S/c1-2-3-5-14-25(31)30-17-15-21(16-18-30)27-29-24(19-33-27)26(32)28-23-13-9-8-12-22(23)20-10-6-4-7-11-20/h4,6-13,19,21H,2-3,15-18H2,1H3,(H,28,32). The molecule has 2 heterocycles. The number of aromatic nitrogens is 1. The maximum absolute atomic E-state index is 12.9. The van der Waals surface area contributed by atoms with Crippen molar-refractivity contribution in [2.75, 3.05) is 18.4 Å². The number of hydrogen-bond donors (Lipinski definition) is 1. The van der Waals surface area contributed by atoms with Gasteiger partial charge < -0.3 is 10.2 Å². The molecule has 0 unspecified atom stereocenters. The molecule has 1 fully saturated rings. The summed E-state index contributed by atoms with van der Waals surface area (Å²) < 4.78 is 0. The molecule has 0 atom stereocenters. The third-order valence-electron chi connectivity index (χ3n) is 5.72. The average molecular weight is 458 g/mol. The first kappa shape index (κ1) is 22.8. The lowest BCUT2D eigenvalue weighted by Gasteiger charge is -2.29. The molecule has 6 heteroatoms. The van der Waals surface area contributed by atoms with Gasteiger partial charge in [-0.3, -0.25) is 9.59 Å². The van der Waals surface area contributed by atoms with Crippen LogP contribution in [-0.2, 0) is 4.79 Å². The highest BCUT2D eigenvalue weighted by Crippen LogP contribution is 2.31. The first-order chi connectivity index (χ1) is 16.2. The van der Waals surface area contributed by atoms with Gasteiger partial charge in [-0.05, 0) is 36.8 Å². The van der Waals surface area contributed by atoms with Crippen molar-refractivity contribution in [3.05, 3.63) is 70.7 Å². The number of rotatable bonds is 5. The fraction of sp³-hybridized carbons (Fsp3) is 0.296. The molecule has 2 amide bonds. The van der Waals surface area contributed by atoms with Crippen LogP contribution in [0.3, 0.4) is 0 Å². The zero-order chi connectivity index (χ0) is 23.0. The van der Waals surface area contributed by atoms with Gasteiger partial charge in [-0.1, -0.05) is 61.4 Å². The molecule has 33 heavy (non-hydrogen) atoms. The molecule has 1 aromatic heterocycles. The molecule has 1 aliphatic rings. The van der Waals surface area contributed by atoms with Crippen molar-refractivity contribution in [1.29, 1.82) is 0 Å². The topological polar surface area (TPSA) is 62.3 Å². The van der Waals surface area contributed by atoms with Crippen molar-refractivity contribution in [2.45, 2.75) is 38.5 Å². The number of benzene rings is 2. The summed E-state index contributed by atoms with van der Waals surface area (Å²) in [7, 11) is 0. The van der Waals surface area contributed by atoms with Crippen molar-refractivity contribution in [3.63, 3.8) is 0 Å². The lowest BCUT2D eigenvalue weighted by molar-refractivity contribution is -0.126. The summed E-state index contributed by atoms with van der Waals surface area (Å²) in [4.78, 5) is 31.6. The van der Waals surface area contributed by atoms with Crippen molar-refractivity contribution in [1.82, 2.24) is 9.88 Å². The minimum atomic E-state index is -0.209. The highest BCUT2D eigenvalue weighted by atomic mass is 32.1. The zero-order valence-electron chi connectivity index (χ0n) is 18.7. The number of para-hydroxylation sites is 1. The maximum atomic E-state index is 12.9. The number of likely N-dealkylation sites (tertiary alicyclic amines) is 1. The smallest absolute Gasteiger partial charge is 0.298 e. The Bertz CT molecular complexity index is 1170. The van der Waals surface area contributed by atoms with Crippen LogP contribution in [-0.4, -0.2) is 34.8 Å². The number of hydrogen-bond acceptors (Lipinski definition) is 4. The third-order valence-corrected chi connectivity index (χ3v) is 6.72. The van der Waals surface area contributed by atoms with Crippen molar-refractivity contribution >= 4 is 28.8 Å². The molecular formula is C27H27N3O2S. The van der Waals surface area contributed by atoms with E-state index in [1.807, 2.05) is 64.9 Å². The summed E-state index contributed by atoms with van der Waals surface area (Å²) in [5.41, 5.74) is 3.22. The summed E-state index contributed by atoms with van der Waals surface area (Å²) in [6.45, 7) is 3.40. The monoisotopic (exact) mass is 457 g/mol.